The summed E-state index contributed by atoms with van der Waals surface area (Å²) in [5.74, 6) is 1.35. The van der Waals surface area contributed by atoms with Crippen LogP contribution in [-0.2, 0) is 9.47 Å². The van der Waals surface area contributed by atoms with Gasteiger partial charge in [0.1, 0.15) is 5.75 Å². The third kappa shape index (κ3) is 5.08. The molecule has 0 N–H and O–H groups in total. The summed E-state index contributed by atoms with van der Waals surface area (Å²) in [6.45, 7) is 16.6. The van der Waals surface area contributed by atoms with Crippen molar-refractivity contribution in [1.82, 2.24) is 0 Å². The molecule has 142 valence electrons. The molecule has 3 unspecified atom stereocenters. The van der Waals surface area contributed by atoms with Gasteiger partial charge in [0.15, 0.2) is 6.29 Å². The van der Waals surface area contributed by atoms with E-state index in [9.17, 15) is 0 Å². The molecule has 4 heteroatoms. The lowest BCUT2D eigenvalue weighted by atomic mass is 9.99. The maximum Gasteiger partial charge on any atom is 0.184 e. The topological polar surface area (TPSA) is 27.7 Å². The van der Waals surface area contributed by atoms with E-state index in [1.165, 1.54) is 6.04 Å². The second kappa shape index (κ2) is 7.81. The minimum Gasteiger partial charge on any atom is -0.497 e. The quantitative estimate of drug-likeness (QED) is 0.597. The minimum absolute atomic E-state index is 0.246. The van der Waals surface area contributed by atoms with Crippen molar-refractivity contribution in [3.05, 3.63) is 29.8 Å². The van der Waals surface area contributed by atoms with Crippen molar-refractivity contribution in [2.24, 2.45) is 5.92 Å². The molecule has 1 heterocycles. The first-order valence-corrected chi connectivity index (χ1v) is 12.7. The van der Waals surface area contributed by atoms with Crippen LogP contribution in [0.2, 0.25) is 24.2 Å². The summed E-state index contributed by atoms with van der Waals surface area (Å²) >= 11 is 0. The minimum atomic E-state index is -1.40. The van der Waals surface area contributed by atoms with E-state index in [-0.39, 0.29) is 18.5 Å². The lowest BCUT2D eigenvalue weighted by molar-refractivity contribution is -0.252. The Bertz CT molecular complexity index is 545. The predicted molar refractivity (Wildman–Crippen MR) is 107 cm³/mol. The predicted octanol–water partition coefficient (Wildman–Crippen LogP) is 6.03. The number of hydrogen-bond acceptors (Lipinski definition) is 3. The van der Waals surface area contributed by atoms with Crippen LogP contribution in [0.25, 0.3) is 0 Å². The molecule has 0 saturated carbocycles. The van der Waals surface area contributed by atoms with Crippen LogP contribution in [0.4, 0.5) is 0 Å². The van der Waals surface area contributed by atoms with Crippen LogP contribution < -0.4 is 4.74 Å². The van der Waals surface area contributed by atoms with Crippen molar-refractivity contribution in [2.75, 3.05) is 7.11 Å². The molecule has 1 saturated heterocycles. The highest BCUT2D eigenvalue weighted by Gasteiger charge is 2.41. The van der Waals surface area contributed by atoms with Crippen molar-refractivity contribution in [1.29, 1.82) is 0 Å². The molecule has 1 aromatic carbocycles. The normalized spacial score (nSPS) is 25.2. The molecule has 0 amide bonds. The summed E-state index contributed by atoms with van der Waals surface area (Å²) in [5.41, 5.74) is 1.08. The third-order valence-corrected chi connectivity index (χ3v) is 11.5. The summed E-state index contributed by atoms with van der Waals surface area (Å²) < 4.78 is 18.0. The van der Waals surface area contributed by atoms with Crippen molar-refractivity contribution < 1.29 is 14.2 Å². The number of methoxy groups -OCH3 is 1. The van der Waals surface area contributed by atoms with Crippen molar-refractivity contribution >= 4 is 8.07 Å². The van der Waals surface area contributed by atoms with Crippen LogP contribution in [0, 0.1) is 5.92 Å². The second-order valence-corrected chi connectivity index (χ2v) is 15.0. The van der Waals surface area contributed by atoms with Crippen LogP contribution in [0.5, 0.6) is 5.75 Å². The van der Waals surface area contributed by atoms with Gasteiger partial charge in [0, 0.05) is 5.56 Å². The van der Waals surface area contributed by atoms with Crippen LogP contribution in [0.15, 0.2) is 24.3 Å². The molecule has 3 nitrogen and oxygen atoms in total. The van der Waals surface area contributed by atoms with Crippen molar-refractivity contribution in [3.8, 4) is 5.75 Å². The van der Waals surface area contributed by atoms with E-state index in [1.807, 2.05) is 12.1 Å². The Kier molecular flexibility index (Phi) is 6.39. The molecule has 25 heavy (non-hydrogen) atoms. The first-order chi connectivity index (χ1) is 11.5. The van der Waals surface area contributed by atoms with E-state index in [0.717, 1.165) is 17.7 Å². The molecular weight excluding hydrogens is 328 g/mol. The Hall–Kier alpha value is -0.843. The highest BCUT2D eigenvalue weighted by Crippen LogP contribution is 2.43. The van der Waals surface area contributed by atoms with Gasteiger partial charge in [0.2, 0.25) is 0 Å². The smallest absolute Gasteiger partial charge is 0.184 e. The fraction of sp³-hybridized carbons (Fsp3) is 0.714. The Morgan fingerprint density at radius 3 is 2.20 bits per heavy atom. The zero-order valence-corrected chi connectivity index (χ0v) is 18.3. The molecule has 0 spiro atoms. The molecule has 0 bridgehead atoms. The van der Waals surface area contributed by atoms with Crippen LogP contribution in [-0.4, -0.2) is 27.4 Å². The monoisotopic (exact) mass is 364 g/mol. The summed E-state index contributed by atoms with van der Waals surface area (Å²) in [4.78, 5) is 0. The van der Waals surface area contributed by atoms with Crippen molar-refractivity contribution in [3.63, 3.8) is 0 Å². The van der Waals surface area contributed by atoms with E-state index >= 15 is 0 Å². The Balaban J connectivity index is 2.18. The highest BCUT2D eigenvalue weighted by atomic mass is 28.3. The van der Waals surface area contributed by atoms with E-state index in [2.05, 4.69) is 59.8 Å². The fourth-order valence-corrected chi connectivity index (χ4v) is 5.10. The SMILES string of the molecule is COc1ccc(C2OC(C[Si](C)(C)C(C)(C)C)CC(C(C)C)O2)cc1. The largest absolute Gasteiger partial charge is 0.497 e. The van der Waals surface area contributed by atoms with E-state index in [1.54, 1.807) is 7.11 Å². The average molecular weight is 365 g/mol. The Labute approximate surface area is 155 Å². The van der Waals surface area contributed by atoms with Gasteiger partial charge in [-0.25, -0.2) is 0 Å². The zero-order valence-electron chi connectivity index (χ0n) is 17.3. The van der Waals surface area contributed by atoms with Gasteiger partial charge in [-0.1, -0.05) is 59.8 Å². The number of benzene rings is 1. The van der Waals surface area contributed by atoms with Crippen molar-refractivity contribution in [2.45, 2.75) is 83.7 Å². The van der Waals surface area contributed by atoms with Crippen LogP contribution in [0.3, 0.4) is 0 Å². The third-order valence-electron chi connectivity index (χ3n) is 6.01. The first kappa shape index (κ1) is 20.5. The Morgan fingerprint density at radius 1 is 1.12 bits per heavy atom. The van der Waals surface area contributed by atoms with Gasteiger partial charge in [-0.2, -0.15) is 0 Å². The molecule has 0 aliphatic carbocycles. The van der Waals surface area contributed by atoms with Gasteiger partial charge in [-0.15, -0.1) is 0 Å². The van der Waals surface area contributed by atoms with Gasteiger partial charge >= 0.3 is 0 Å². The molecule has 1 aliphatic rings. The number of hydrogen-bond donors (Lipinski definition) is 0. The maximum absolute atomic E-state index is 6.43. The summed E-state index contributed by atoms with van der Waals surface area (Å²) in [6.07, 6.45) is 1.24. The van der Waals surface area contributed by atoms with Gasteiger partial charge in [0.25, 0.3) is 0 Å². The molecule has 3 atom stereocenters. The van der Waals surface area contributed by atoms with E-state index in [4.69, 9.17) is 14.2 Å². The first-order valence-electron chi connectivity index (χ1n) is 9.48. The highest BCUT2D eigenvalue weighted by molar-refractivity contribution is 6.80. The van der Waals surface area contributed by atoms with Crippen LogP contribution >= 0.6 is 0 Å². The number of ether oxygens (including phenoxy) is 3. The molecule has 0 radical (unpaired) electrons. The zero-order chi connectivity index (χ0) is 18.8. The molecule has 1 aromatic rings. The van der Waals surface area contributed by atoms with E-state index in [0.29, 0.717) is 11.0 Å². The average Bonchev–Trinajstić information content (AvgIpc) is 2.53. The van der Waals surface area contributed by atoms with Gasteiger partial charge < -0.3 is 14.2 Å². The van der Waals surface area contributed by atoms with Gasteiger partial charge in [0.05, 0.1) is 27.4 Å². The lowest BCUT2D eigenvalue weighted by Crippen LogP contribution is -2.45. The van der Waals surface area contributed by atoms with E-state index < -0.39 is 8.07 Å². The van der Waals surface area contributed by atoms with Gasteiger partial charge in [-0.05, 0) is 35.6 Å². The molecule has 1 fully saturated rings. The van der Waals surface area contributed by atoms with Crippen LogP contribution in [0.1, 0.15) is 52.9 Å². The molecular formula is C21H36O3Si. The Morgan fingerprint density at radius 2 is 1.72 bits per heavy atom. The second-order valence-electron chi connectivity index (χ2n) is 9.36. The van der Waals surface area contributed by atoms with Gasteiger partial charge in [-0.3, -0.25) is 0 Å². The standard InChI is InChI=1S/C21H36O3Si/c1-15(2)19-13-18(14-25(7,8)21(3,4)5)23-20(24-19)16-9-11-17(22-6)12-10-16/h9-12,15,18-20H,13-14H2,1-8H3. The molecule has 0 aromatic heterocycles. The summed E-state index contributed by atoms with van der Waals surface area (Å²) in [5, 5.41) is 0.373. The number of rotatable bonds is 5. The molecule has 2 rings (SSSR count). The molecule has 1 aliphatic heterocycles. The lowest BCUT2D eigenvalue weighted by Gasteiger charge is -2.44. The summed E-state index contributed by atoms with van der Waals surface area (Å²) in [6, 6.07) is 9.23. The maximum atomic E-state index is 6.43. The fourth-order valence-electron chi connectivity index (χ4n) is 3.09. The summed E-state index contributed by atoms with van der Waals surface area (Å²) in [7, 11) is 0.285.